The number of benzene rings is 1. The van der Waals surface area contributed by atoms with Gasteiger partial charge in [-0.05, 0) is 74.6 Å². The minimum absolute atomic E-state index is 0.0906. The lowest BCUT2D eigenvalue weighted by Gasteiger charge is -2.48. The zero-order valence-corrected chi connectivity index (χ0v) is 18.4. The first-order valence-corrected chi connectivity index (χ1v) is 12.2. The van der Waals surface area contributed by atoms with E-state index in [2.05, 4.69) is 0 Å². The summed E-state index contributed by atoms with van der Waals surface area (Å²) in [5, 5.41) is 9.74. The van der Waals surface area contributed by atoms with Crippen molar-refractivity contribution in [3.8, 4) is 0 Å². The molecule has 0 spiro atoms. The smallest absolute Gasteiger partial charge is 0.307 e. The molecule has 4 fully saturated rings. The van der Waals surface area contributed by atoms with Gasteiger partial charge >= 0.3 is 5.97 Å². The van der Waals surface area contributed by atoms with Gasteiger partial charge in [0.2, 0.25) is 15.9 Å². The molecule has 164 valence electrons. The zero-order chi connectivity index (χ0) is 21.6. The highest BCUT2D eigenvalue weighted by atomic mass is 32.2. The maximum Gasteiger partial charge on any atom is 0.307 e. The summed E-state index contributed by atoms with van der Waals surface area (Å²) in [6, 6.07) is 5.13. The molecule has 1 amide bonds. The largest absolute Gasteiger partial charge is 0.481 e. The summed E-state index contributed by atoms with van der Waals surface area (Å²) in [5.74, 6) is -1.78. The number of aliphatic carboxylic acids is 1. The number of carboxylic acids is 1. The van der Waals surface area contributed by atoms with Crippen LogP contribution in [0.2, 0.25) is 0 Å². The lowest BCUT2D eigenvalue weighted by atomic mass is 9.58. The van der Waals surface area contributed by atoms with E-state index in [0.29, 0.717) is 13.1 Å². The van der Waals surface area contributed by atoms with Gasteiger partial charge in [-0.2, -0.15) is 4.31 Å². The Kier molecular flexibility index (Phi) is 5.66. The second kappa shape index (κ2) is 7.96. The van der Waals surface area contributed by atoms with Crippen molar-refractivity contribution in [1.29, 1.82) is 0 Å². The van der Waals surface area contributed by atoms with Gasteiger partial charge in [-0.15, -0.1) is 0 Å². The van der Waals surface area contributed by atoms with E-state index in [0.717, 1.165) is 36.8 Å². The average molecular weight is 435 g/mol. The minimum atomic E-state index is -3.61. The fraction of sp³-hybridized carbons (Fsp3) is 0.636. The molecular weight excluding hydrogens is 404 g/mol. The molecule has 0 aromatic heterocycles. The summed E-state index contributed by atoms with van der Waals surface area (Å²) in [6.07, 6.45) is 3.64. The Morgan fingerprint density at radius 1 is 0.900 bits per heavy atom. The summed E-state index contributed by atoms with van der Waals surface area (Å²) < 4.78 is 27.5. The topological polar surface area (TPSA) is 95.0 Å². The predicted octanol–water partition coefficient (Wildman–Crippen LogP) is 2.27. The van der Waals surface area contributed by atoms with E-state index in [1.807, 2.05) is 19.9 Å². The number of rotatable bonds is 4. The third-order valence-corrected chi connectivity index (χ3v) is 9.35. The second-order valence-electron chi connectivity index (χ2n) is 9.04. The summed E-state index contributed by atoms with van der Waals surface area (Å²) in [4.78, 5) is 27.1. The lowest BCUT2D eigenvalue weighted by molar-refractivity contribution is -0.162. The molecule has 2 bridgehead atoms. The Bertz CT molecular complexity index is 944. The van der Waals surface area contributed by atoms with E-state index in [9.17, 15) is 23.1 Å². The second-order valence-corrected chi connectivity index (χ2v) is 11.0. The number of carbonyl (C=O) groups is 2. The summed E-state index contributed by atoms with van der Waals surface area (Å²) in [6.45, 7) is 4.92. The van der Waals surface area contributed by atoms with E-state index in [1.54, 1.807) is 17.0 Å². The van der Waals surface area contributed by atoms with Crippen LogP contribution < -0.4 is 0 Å². The Balaban J connectivity index is 1.46. The van der Waals surface area contributed by atoms with Crippen LogP contribution in [0.4, 0.5) is 0 Å². The monoisotopic (exact) mass is 434 g/mol. The number of piperazine rings is 1. The molecule has 1 heterocycles. The minimum Gasteiger partial charge on any atom is -0.481 e. The molecule has 30 heavy (non-hydrogen) atoms. The fourth-order valence-corrected chi connectivity index (χ4v) is 7.05. The fourth-order valence-electron chi connectivity index (χ4n) is 5.54. The van der Waals surface area contributed by atoms with Crippen molar-refractivity contribution in [1.82, 2.24) is 9.21 Å². The van der Waals surface area contributed by atoms with Crippen LogP contribution in [-0.2, 0) is 19.6 Å². The first kappa shape index (κ1) is 21.3. The van der Waals surface area contributed by atoms with E-state index >= 15 is 0 Å². The van der Waals surface area contributed by atoms with Crippen molar-refractivity contribution >= 4 is 21.9 Å². The van der Waals surface area contributed by atoms with Crippen LogP contribution in [0.3, 0.4) is 0 Å². The van der Waals surface area contributed by atoms with Gasteiger partial charge in [-0.3, -0.25) is 9.59 Å². The number of hydrogen-bond donors (Lipinski definition) is 1. The molecule has 5 rings (SSSR count). The van der Waals surface area contributed by atoms with Gasteiger partial charge in [0.1, 0.15) is 0 Å². The SMILES string of the molecule is Cc1ccc(S(=O)(=O)N2CCN(C(=O)[C@@H]3C4CCC(CC4)[C@@H]3C(=O)O)CC2)cc1C. The molecule has 3 aliphatic carbocycles. The molecule has 1 aromatic carbocycles. The van der Waals surface area contributed by atoms with Crippen LogP contribution in [0.25, 0.3) is 0 Å². The normalized spacial score (nSPS) is 29.7. The Labute approximate surface area is 178 Å². The molecular formula is C22H30N2O5S. The first-order valence-electron chi connectivity index (χ1n) is 10.8. The number of amides is 1. The summed E-state index contributed by atoms with van der Waals surface area (Å²) in [7, 11) is -3.61. The average Bonchev–Trinajstić information content (AvgIpc) is 2.75. The molecule has 4 aliphatic rings. The molecule has 2 atom stereocenters. The number of fused-ring (bicyclic) bond motifs is 3. The molecule has 0 radical (unpaired) electrons. The number of hydrogen-bond acceptors (Lipinski definition) is 4. The van der Waals surface area contributed by atoms with Gasteiger partial charge in [0.05, 0.1) is 16.7 Å². The van der Waals surface area contributed by atoms with Crippen molar-refractivity contribution in [2.75, 3.05) is 26.2 Å². The molecule has 1 aromatic rings. The van der Waals surface area contributed by atoms with Crippen molar-refractivity contribution in [3.63, 3.8) is 0 Å². The van der Waals surface area contributed by atoms with Gasteiger partial charge in [0, 0.05) is 26.2 Å². The molecule has 1 N–H and O–H groups in total. The number of sulfonamides is 1. The maximum atomic E-state index is 13.3. The molecule has 3 saturated carbocycles. The van der Waals surface area contributed by atoms with Gasteiger partial charge < -0.3 is 10.0 Å². The van der Waals surface area contributed by atoms with E-state index in [1.165, 1.54) is 4.31 Å². The number of aryl methyl sites for hydroxylation is 2. The lowest BCUT2D eigenvalue weighted by Crippen LogP contribution is -2.56. The Hall–Kier alpha value is -1.93. The summed E-state index contributed by atoms with van der Waals surface area (Å²) in [5.41, 5.74) is 1.97. The summed E-state index contributed by atoms with van der Waals surface area (Å²) >= 11 is 0. The Morgan fingerprint density at radius 2 is 1.47 bits per heavy atom. The highest BCUT2D eigenvalue weighted by Gasteiger charge is 2.51. The molecule has 7 nitrogen and oxygen atoms in total. The van der Waals surface area contributed by atoms with E-state index < -0.39 is 27.8 Å². The predicted molar refractivity (Wildman–Crippen MR) is 111 cm³/mol. The van der Waals surface area contributed by atoms with Crippen molar-refractivity contribution < 1.29 is 23.1 Å². The van der Waals surface area contributed by atoms with Gasteiger partial charge in [-0.1, -0.05) is 6.07 Å². The highest BCUT2D eigenvalue weighted by molar-refractivity contribution is 7.89. The molecule has 8 heteroatoms. The van der Waals surface area contributed by atoms with Crippen LogP contribution in [0, 0.1) is 37.5 Å². The van der Waals surface area contributed by atoms with Gasteiger partial charge in [-0.25, -0.2) is 8.42 Å². The van der Waals surface area contributed by atoms with E-state index in [4.69, 9.17) is 0 Å². The molecule has 1 saturated heterocycles. The standard InChI is InChI=1S/C22H30N2O5S/c1-14-3-8-18(13-15(14)2)30(28,29)24-11-9-23(10-12-24)21(25)19-16-4-6-17(7-5-16)20(19)22(26)27/h3,8,13,16-17,19-20H,4-7,9-12H2,1-2H3,(H,26,27)/t16?,17?,19-,20+/m1/s1. The van der Waals surface area contributed by atoms with Crippen LogP contribution in [0.5, 0.6) is 0 Å². The number of nitrogens with zero attached hydrogens (tertiary/aromatic N) is 2. The third kappa shape index (κ3) is 3.64. The van der Waals surface area contributed by atoms with Gasteiger partial charge in [0.25, 0.3) is 0 Å². The molecule has 1 aliphatic heterocycles. The van der Waals surface area contributed by atoms with Crippen LogP contribution in [0.15, 0.2) is 23.1 Å². The first-order chi connectivity index (χ1) is 14.2. The van der Waals surface area contributed by atoms with E-state index in [-0.39, 0.29) is 35.7 Å². The maximum absolute atomic E-state index is 13.3. The number of carboxylic acid groups (broad SMARTS) is 1. The zero-order valence-electron chi connectivity index (χ0n) is 17.6. The highest BCUT2D eigenvalue weighted by Crippen LogP contribution is 2.49. The van der Waals surface area contributed by atoms with Crippen molar-refractivity contribution in [2.45, 2.75) is 44.4 Å². The van der Waals surface area contributed by atoms with Crippen LogP contribution in [-0.4, -0.2) is 60.8 Å². The van der Waals surface area contributed by atoms with Crippen LogP contribution in [0.1, 0.15) is 36.8 Å². The third-order valence-electron chi connectivity index (χ3n) is 7.46. The van der Waals surface area contributed by atoms with Crippen molar-refractivity contribution in [3.05, 3.63) is 29.3 Å². The number of carbonyl (C=O) groups excluding carboxylic acids is 1. The van der Waals surface area contributed by atoms with Gasteiger partial charge in [0.15, 0.2) is 0 Å². The Morgan fingerprint density at radius 3 is 2.00 bits per heavy atom. The molecule has 0 unspecified atom stereocenters. The van der Waals surface area contributed by atoms with Crippen LogP contribution >= 0.6 is 0 Å². The van der Waals surface area contributed by atoms with Crippen molar-refractivity contribution in [2.24, 2.45) is 23.7 Å². The quantitative estimate of drug-likeness (QED) is 0.784.